The summed E-state index contributed by atoms with van der Waals surface area (Å²) < 4.78 is 5.70. The molecule has 5 heteroatoms. The molecule has 22 heavy (non-hydrogen) atoms. The van der Waals surface area contributed by atoms with Crippen molar-refractivity contribution >= 4 is 11.7 Å². The number of hydrogen-bond donors (Lipinski definition) is 1. The third-order valence-corrected chi connectivity index (χ3v) is 3.80. The van der Waals surface area contributed by atoms with Crippen LogP contribution in [-0.4, -0.2) is 55.3 Å². The number of anilines is 1. The van der Waals surface area contributed by atoms with Crippen LogP contribution < -0.4 is 9.64 Å². The largest absolute Gasteiger partial charge is 0.493 e. The summed E-state index contributed by atoms with van der Waals surface area (Å²) in [6.07, 6.45) is 0.224. The molecule has 0 aromatic heterocycles. The molecule has 1 aliphatic heterocycles. The van der Waals surface area contributed by atoms with Crippen LogP contribution in [-0.2, 0) is 4.79 Å². The molecule has 0 radical (unpaired) electrons. The molecule has 0 atom stereocenters. The van der Waals surface area contributed by atoms with Gasteiger partial charge in [0.25, 0.3) is 0 Å². The van der Waals surface area contributed by atoms with Gasteiger partial charge in [-0.05, 0) is 30.2 Å². The van der Waals surface area contributed by atoms with Crippen molar-refractivity contribution in [1.29, 1.82) is 0 Å². The van der Waals surface area contributed by atoms with E-state index in [1.807, 2.05) is 12.1 Å². The Balaban J connectivity index is 1.80. The maximum atomic E-state index is 10.6. The Bertz CT molecular complexity index is 465. The highest BCUT2D eigenvalue weighted by Gasteiger charge is 2.17. The minimum atomic E-state index is -0.723. The second-order valence-electron chi connectivity index (χ2n) is 6.17. The van der Waals surface area contributed by atoms with Gasteiger partial charge in [0.2, 0.25) is 0 Å². The summed E-state index contributed by atoms with van der Waals surface area (Å²) in [7, 11) is 0. The van der Waals surface area contributed by atoms with Crippen LogP contribution >= 0.6 is 0 Å². The van der Waals surface area contributed by atoms with Gasteiger partial charge in [-0.15, -0.1) is 0 Å². The first-order valence-electron chi connectivity index (χ1n) is 7.96. The number of piperazine rings is 1. The van der Waals surface area contributed by atoms with Crippen molar-refractivity contribution in [3.05, 3.63) is 24.3 Å². The molecule has 0 spiro atoms. The van der Waals surface area contributed by atoms with E-state index in [0.717, 1.165) is 38.5 Å². The van der Waals surface area contributed by atoms with Crippen molar-refractivity contribution in [2.24, 2.45) is 5.92 Å². The first-order valence-corrected chi connectivity index (χ1v) is 7.96. The van der Waals surface area contributed by atoms with Crippen LogP contribution in [0.25, 0.3) is 0 Å². The van der Waals surface area contributed by atoms with Crippen molar-refractivity contribution in [1.82, 2.24) is 4.90 Å². The molecule has 0 amide bonds. The molecule has 0 aliphatic carbocycles. The monoisotopic (exact) mass is 306 g/mol. The summed E-state index contributed by atoms with van der Waals surface area (Å²) >= 11 is 0. The van der Waals surface area contributed by atoms with Gasteiger partial charge in [0, 0.05) is 38.4 Å². The molecular formula is C17H26N2O3. The highest BCUT2D eigenvalue weighted by molar-refractivity contribution is 5.66. The summed E-state index contributed by atoms with van der Waals surface area (Å²) in [6, 6.07) is 8.24. The van der Waals surface area contributed by atoms with Gasteiger partial charge >= 0.3 is 5.97 Å². The molecular weight excluding hydrogens is 280 g/mol. The fraction of sp³-hybridized carbons (Fsp3) is 0.588. The van der Waals surface area contributed by atoms with E-state index in [4.69, 9.17) is 9.84 Å². The maximum Gasteiger partial charge on any atom is 0.304 e. The van der Waals surface area contributed by atoms with Crippen molar-refractivity contribution in [3.63, 3.8) is 0 Å². The van der Waals surface area contributed by atoms with Crippen LogP contribution in [0.5, 0.6) is 5.75 Å². The number of aliphatic carboxylic acids is 1. The normalized spacial score (nSPS) is 16.0. The van der Waals surface area contributed by atoms with Gasteiger partial charge in [-0.1, -0.05) is 13.8 Å². The fourth-order valence-electron chi connectivity index (χ4n) is 2.50. The fourth-order valence-corrected chi connectivity index (χ4v) is 2.50. The number of benzene rings is 1. The van der Waals surface area contributed by atoms with Crippen molar-refractivity contribution in [2.45, 2.75) is 20.3 Å². The number of carboxylic acid groups (broad SMARTS) is 1. The van der Waals surface area contributed by atoms with Gasteiger partial charge in [0.15, 0.2) is 0 Å². The first kappa shape index (κ1) is 16.6. The van der Waals surface area contributed by atoms with E-state index in [0.29, 0.717) is 12.5 Å². The molecule has 5 nitrogen and oxygen atoms in total. The molecule has 1 N–H and O–H groups in total. The molecule has 1 aromatic carbocycles. The van der Waals surface area contributed by atoms with Gasteiger partial charge in [-0.3, -0.25) is 9.69 Å². The molecule has 1 fully saturated rings. The van der Waals surface area contributed by atoms with Gasteiger partial charge in [-0.25, -0.2) is 0 Å². The van der Waals surface area contributed by atoms with E-state index in [9.17, 15) is 4.79 Å². The Morgan fingerprint density at radius 1 is 1.18 bits per heavy atom. The van der Waals surface area contributed by atoms with Crippen LogP contribution in [0, 0.1) is 5.92 Å². The molecule has 1 aliphatic rings. The molecule has 0 bridgehead atoms. The highest BCUT2D eigenvalue weighted by Crippen LogP contribution is 2.21. The van der Waals surface area contributed by atoms with Crippen LogP contribution in [0.15, 0.2) is 24.3 Å². The number of carboxylic acids is 1. The van der Waals surface area contributed by atoms with Crippen LogP contribution in [0.4, 0.5) is 5.69 Å². The number of hydrogen-bond acceptors (Lipinski definition) is 4. The third-order valence-electron chi connectivity index (χ3n) is 3.80. The van der Waals surface area contributed by atoms with Gasteiger partial charge < -0.3 is 14.7 Å². The van der Waals surface area contributed by atoms with E-state index in [1.54, 1.807) is 0 Å². The van der Waals surface area contributed by atoms with E-state index in [1.165, 1.54) is 5.69 Å². The lowest BCUT2D eigenvalue weighted by atomic mass is 10.2. The molecule has 1 heterocycles. The van der Waals surface area contributed by atoms with Crippen LogP contribution in [0.3, 0.4) is 0 Å². The SMILES string of the molecule is CC(C)COc1ccc(N2CCN(CCC(=O)O)CC2)cc1. The molecule has 1 aromatic rings. The number of rotatable bonds is 7. The van der Waals surface area contributed by atoms with E-state index in [-0.39, 0.29) is 6.42 Å². The van der Waals surface area contributed by atoms with Crippen molar-refractivity contribution < 1.29 is 14.6 Å². The van der Waals surface area contributed by atoms with E-state index >= 15 is 0 Å². The zero-order valence-electron chi connectivity index (χ0n) is 13.5. The summed E-state index contributed by atoms with van der Waals surface area (Å²) in [5, 5.41) is 8.73. The average molecular weight is 306 g/mol. The lowest BCUT2D eigenvalue weighted by Gasteiger charge is -2.35. The smallest absolute Gasteiger partial charge is 0.304 e. The topological polar surface area (TPSA) is 53.0 Å². The Kier molecular flexibility index (Phi) is 6.07. The summed E-state index contributed by atoms with van der Waals surface area (Å²) in [4.78, 5) is 15.2. The Labute approximate surface area is 132 Å². The van der Waals surface area contributed by atoms with Crippen molar-refractivity contribution in [2.75, 3.05) is 44.2 Å². The van der Waals surface area contributed by atoms with Gasteiger partial charge in [0.1, 0.15) is 5.75 Å². The summed E-state index contributed by atoms with van der Waals surface area (Å²) in [5.74, 6) is 0.718. The molecule has 122 valence electrons. The van der Waals surface area contributed by atoms with E-state index < -0.39 is 5.97 Å². The average Bonchev–Trinajstić information content (AvgIpc) is 2.52. The van der Waals surface area contributed by atoms with Crippen molar-refractivity contribution in [3.8, 4) is 5.75 Å². The number of carbonyl (C=O) groups is 1. The second kappa shape index (κ2) is 8.03. The first-order chi connectivity index (χ1) is 10.5. The quantitative estimate of drug-likeness (QED) is 0.838. The lowest BCUT2D eigenvalue weighted by molar-refractivity contribution is -0.137. The molecule has 1 saturated heterocycles. The van der Waals surface area contributed by atoms with Gasteiger partial charge in [-0.2, -0.15) is 0 Å². The number of ether oxygens (including phenoxy) is 1. The predicted octanol–water partition coefficient (Wildman–Crippen LogP) is 2.32. The minimum absolute atomic E-state index is 0.224. The summed E-state index contributed by atoms with van der Waals surface area (Å²) in [5.41, 5.74) is 1.20. The summed E-state index contributed by atoms with van der Waals surface area (Å²) in [6.45, 7) is 9.36. The minimum Gasteiger partial charge on any atom is -0.493 e. The van der Waals surface area contributed by atoms with Crippen LogP contribution in [0.2, 0.25) is 0 Å². The van der Waals surface area contributed by atoms with E-state index in [2.05, 4.69) is 35.8 Å². The maximum absolute atomic E-state index is 10.6. The Hall–Kier alpha value is -1.75. The number of nitrogens with zero attached hydrogens (tertiary/aromatic N) is 2. The molecule has 0 saturated carbocycles. The predicted molar refractivity (Wildman–Crippen MR) is 87.7 cm³/mol. The van der Waals surface area contributed by atoms with Gasteiger partial charge in [0.05, 0.1) is 13.0 Å². The third kappa shape index (κ3) is 5.22. The molecule has 0 unspecified atom stereocenters. The van der Waals surface area contributed by atoms with Crippen LogP contribution in [0.1, 0.15) is 20.3 Å². The zero-order chi connectivity index (χ0) is 15.9. The Morgan fingerprint density at radius 3 is 2.36 bits per heavy atom. The Morgan fingerprint density at radius 2 is 1.82 bits per heavy atom. The zero-order valence-corrected chi connectivity index (χ0v) is 13.5. The second-order valence-corrected chi connectivity index (χ2v) is 6.17. The molecule has 2 rings (SSSR count). The lowest BCUT2D eigenvalue weighted by Crippen LogP contribution is -2.46. The highest BCUT2D eigenvalue weighted by atomic mass is 16.5. The standard InChI is InChI=1S/C17H26N2O3/c1-14(2)13-22-16-5-3-15(4-6-16)19-11-9-18(10-12-19)8-7-17(20)21/h3-6,14H,7-13H2,1-2H3,(H,20,21).